The van der Waals surface area contributed by atoms with Crippen LogP contribution in [0.1, 0.15) is 51.9 Å². The third kappa shape index (κ3) is 4.23. The van der Waals surface area contributed by atoms with E-state index in [1.54, 1.807) is 0 Å². The fourth-order valence-electron chi connectivity index (χ4n) is 4.74. The van der Waals surface area contributed by atoms with Crippen LogP contribution in [0.25, 0.3) is 0 Å². The molecule has 0 aromatic carbocycles. The van der Waals surface area contributed by atoms with Crippen LogP contribution in [0.4, 0.5) is 0 Å². The van der Waals surface area contributed by atoms with Crippen LogP contribution >= 0.6 is 0 Å². The highest BCUT2D eigenvalue weighted by Crippen LogP contribution is 2.38. The zero-order valence-corrected chi connectivity index (χ0v) is 15.6. The van der Waals surface area contributed by atoms with Crippen molar-refractivity contribution in [2.24, 2.45) is 16.3 Å². The third-order valence-corrected chi connectivity index (χ3v) is 6.15. The van der Waals surface area contributed by atoms with Crippen LogP contribution in [-0.2, 0) is 9.47 Å². The van der Waals surface area contributed by atoms with Crippen LogP contribution in [0.5, 0.6) is 0 Å². The Morgan fingerprint density at radius 2 is 2.21 bits per heavy atom. The molecule has 1 spiro atoms. The second-order valence-electron chi connectivity index (χ2n) is 7.78. The van der Waals surface area contributed by atoms with Crippen LogP contribution in [0, 0.1) is 11.3 Å². The molecule has 2 unspecified atom stereocenters. The first-order valence-electron chi connectivity index (χ1n) is 9.91. The number of guanidine groups is 1. The van der Waals surface area contributed by atoms with Crippen molar-refractivity contribution in [1.82, 2.24) is 10.2 Å². The van der Waals surface area contributed by atoms with E-state index in [4.69, 9.17) is 9.47 Å². The van der Waals surface area contributed by atoms with Gasteiger partial charge in [0.25, 0.3) is 0 Å². The van der Waals surface area contributed by atoms with E-state index in [0.29, 0.717) is 11.5 Å². The highest BCUT2D eigenvalue weighted by molar-refractivity contribution is 5.80. The van der Waals surface area contributed by atoms with Crippen molar-refractivity contribution in [3.63, 3.8) is 0 Å². The van der Waals surface area contributed by atoms with Gasteiger partial charge in [0, 0.05) is 45.3 Å². The number of nitrogens with zero attached hydrogens (tertiary/aromatic N) is 2. The van der Waals surface area contributed by atoms with Gasteiger partial charge in [-0.1, -0.05) is 12.8 Å². The molecule has 5 heteroatoms. The number of hydrogen-bond acceptors (Lipinski definition) is 3. The molecule has 2 heterocycles. The number of hydrogen-bond donors (Lipinski definition) is 1. The Bertz CT molecular complexity index is 415. The standard InChI is InChI=1S/C19H35N3O2/c1-3-24-17(16-6-4-5-7-16)8-11-21-18(20-2)22-12-9-19(14-22)10-13-23-15-19/h16-17H,3-15H2,1-2H3,(H,20,21). The zero-order chi connectivity index (χ0) is 16.8. The number of likely N-dealkylation sites (tertiary alicyclic amines) is 1. The SMILES string of the molecule is CCOC(CCNC(=NC)N1CCC2(CCOC2)C1)C1CCCC1. The van der Waals surface area contributed by atoms with E-state index < -0.39 is 0 Å². The molecule has 3 fully saturated rings. The average molecular weight is 338 g/mol. The molecular formula is C19H35N3O2. The summed E-state index contributed by atoms with van der Waals surface area (Å²) in [5.41, 5.74) is 0.384. The predicted molar refractivity (Wildman–Crippen MR) is 97.4 cm³/mol. The summed E-state index contributed by atoms with van der Waals surface area (Å²) >= 11 is 0. The van der Waals surface area contributed by atoms with E-state index >= 15 is 0 Å². The van der Waals surface area contributed by atoms with Gasteiger partial charge >= 0.3 is 0 Å². The van der Waals surface area contributed by atoms with Crippen molar-refractivity contribution in [3.05, 3.63) is 0 Å². The largest absolute Gasteiger partial charge is 0.381 e. The molecule has 1 aliphatic carbocycles. The normalized spacial score (nSPS) is 29.8. The first-order valence-corrected chi connectivity index (χ1v) is 9.91. The van der Waals surface area contributed by atoms with Crippen LogP contribution in [0.3, 0.4) is 0 Å². The Balaban J connectivity index is 1.45. The molecule has 2 saturated heterocycles. The summed E-state index contributed by atoms with van der Waals surface area (Å²) in [5.74, 6) is 1.82. The van der Waals surface area contributed by atoms with Gasteiger partial charge in [-0.2, -0.15) is 0 Å². The number of ether oxygens (including phenoxy) is 2. The van der Waals surface area contributed by atoms with Crippen molar-refractivity contribution in [2.75, 3.05) is 46.5 Å². The molecule has 24 heavy (non-hydrogen) atoms. The van der Waals surface area contributed by atoms with Gasteiger partial charge in [-0.05, 0) is 44.9 Å². The number of aliphatic imine (C=N–C) groups is 1. The lowest BCUT2D eigenvalue weighted by Gasteiger charge is -2.27. The van der Waals surface area contributed by atoms with E-state index in [1.807, 2.05) is 7.05 Å². The molecular weight excluding hydrogens is 302 g/mol. The zero-order valence-electron chi connectivity index (χ0n) is 15.6. The van der Waals surface area contributed by atoms with Gasteiger partial charge in [0.1, 0.15) is 0 Å². The molecule has 5 nitrogen and oxygen atoms in total. The molecule has 0 radical (unpaired) electrons. The summed E-state index contributed by atoms with van der Waals surface area (Å²) in [6, 6.07) is 0. The minimum atomic E-state index is 0.384. The lowest BCUT2D eigenvalue weighted by molar-refractivity contribution is 0.0169. The van der Waals surface area contributed by atoms with Gasteiger partial charge in [-0.3, -0.25) is 4.99 Å². The molecule has 138 valence electrons. The first-order chi connectivity index (χ1) is 11.8. The maximum atomic E-state index is 6.03. The summed E-state index contributed by atoms with van der Waals surface area (Å²) in [4.78, 5) is 6.93. The summed E-state index contributed by atoms with van der Waals surface area (Å²) in [6.45, 7) is 7.93. The van der Waals surface area contributed by atoms with Crippen LogP contribution in [0.15, 0.2) is 4.99 Å². The highest BCUT2D eigenvalue weighted by Gasteiger charge is 2.42. The fraction of sp³-hybridized carbons (Fsp3) is 0.947. The number of nitrogens with one attached hydrogen (secondary N) is 1. The van der Waals surface area contributed by atoms with Gasteiger partial charge in [0.05, 0.1) is 12.7 Å². The molecule has 1 N–H and O–H groups in total. The highest BCUT2D eigenvalue weighted by atomic mass is 16.5. The van der Waals surface area contributed by atoms with Crippen LogP contribution in [-0.4, -0.2) is 63.5 Å². The average Bonchev–Trinajstić information content (AvgIpc) is 3.34. The molecule has 0 amide bonds. The van der Waals surface area contributed by atoms with Crippen molar-refractivity contribution >= 4 is 5.96 Å². The van der Waals surface area contributed by atoms with Gasteiger partial charge < -0.3 is 19.7 Å². The topological polar surface area (TPSA) is 46.1 Å². The van der Waals surface area contributed by atoms with Crippen molar-refractivity contribution < 1.29 is 9.47 Å². The maximum Gasteiger partial charge on any atom is 0.193 e. The Morgan fingerprint density at radius 3 is 2.88 bits per heavy atom. The monoisotopic (exact) mass is 337 g/mol. The Morgan fingerprint density at radius 1 is 1.38 bits per heavy atom. The molecule has 0 aromatic heterocycles. The van der Waals surface area contributed by atoms with Crippen molar-refractivity contribution in [3.8, 4) is 0 Å². The first kappa shape index (κ1) is 18.0. The smallest absolute Gasteiger partial charge is 0.193 e. The minimum absolute atomic E-state index is 0.384. The van der Waals surface area contributed by atoms with Gasteiger partial charge in [-0.25, -0.2) is 0 Å². The van der Waals surface area contributed by atoms with Gasteiger partial charge in [0.15, 0.2) is 5.96 Å². The number of rotatable bonds is 6. The van der Waals surface area contributed by atoms with Gasteiger partial charge in [-0.15, -0.1) is 0 Å². The Hall–Kier alpha value is -0.810. The molecule has 3 rings (SSSR count). The summed E-state index contributed by atoms with van der Waals surface area (Å²) in [6.07, 6.45) is 9.37. The van der Waals surface area contributed by atoms with E-state index in [0.717, 1.165) is 57.8 Å². The maximum absolute atomic E-state index is 6.03. The van der Waals surface area contributed by atoms with Crippen LogP contribution in [0.2, 0.25) is 0 Å². The summed E-state index contributed by atoms with van der Waals surface area (Å²) in [7, 11) is 1.90. The van der Waals surface area contributed by atoms with Crippen molar-refractivity contribution in [2.45, 2.75) is 58.0 Å². The van der Waals surface area contributed by atoms with Gasteiger partial charge in [0.2, 0.25) is 0 Å². The van der Waals surface area contributed by atoms with E-state index in [2.05, 4.69) is 22.1 Å². The molecule has 2 atom stereocenters. The third-order valence-electron chi connectivity index (χ3n) is 6.15. The second kappa shape index (κ2) is 8.52. The summed E-state index contributed by atoms with van der Waals surface area (Å²) < 4.78 is 11.7. The molecule has 1 saturated carbocycles. The molecule has 3 aliphatic rings. The minimum Gasteiger partial charge on any atom is -0.381 e. The van der Waals surface area contributed by atoms with E-state index in [9.17, 15) is 0 Å². The van der Waals surface area contributed by atoms with E-state index in [-0.39, 0.29) is 0 Å². The lowest BCUT2D eigenvalue weighted by Crippen LogP contribution is -2.42. The van der Waals surface area contributed by atoms with Crippen LogP contribution < -0.4 is 5.32 Å². The Kier molecular flexibility index (Phi) is 6.39. The second-order valence-corrected chi connectivity index (χ2v) is 7.78. The quantitative estimate of drug-likeness (QED) is 0.598. The predicted octanol–water partition coefficient (Wildman–Crippen LogP) is 2.66. The lowest BCUT2D eigenvalue weighted by atomic mass is 9.87. The Labute approximate surface area is 147 Å². The summed E-state index contributed by atoms with van der Waals surface area (Å²) in [5, 5.41) is 3.59. The molecule has 0 bridgehead atoms. The molecule has 0 aromatic rings. The fourth-order valence-corrected chi connectivity index (χ4v) is 4.74. The molecule has 2 aliphatic heterocycles. The van der Waals surface area contributed by atoms with Crippen molar-refractivity contribution in [1.29, 1.82) is 0 Å². The van der Waals surface area contributed by atoms with E-state index in [1.165, 1.54) is 38.5 Å².